The average molecular weight is 289 g/mol. The summed E-state index contributed by atoms with van der Waals surface area (Å²) < 4.78 is 0. The van der Waals surface area contributed by atoms with Gasteiger partial charge in [-0.3, -0.25) is 9.59 Å². The van der Waals surface area contributed by atoms with Crippen molar-refractivity contribution in [2.45, 2.75) is 13.8 Å². The van der Waals surface area contributed by atoms with E-state index in [1.54, 1.807) is 11.8 Å². The van der Waals surface area contributed by atoms with Crippen LogP contribution in [0.5, 0.6) is 0 Å². The Balaban J connectivity index is 1.91. The van der Waals surface area contributed by atoms with Crippen LogP contribution in [-0.2, 0) is 9.59 Å². The van der Waals surface area contributed by atoms with Crippen molar-refractivity contribution in [2.75, 3.05) is 44.2 Å². The smallest absolute Gasteiger partial charge is 0.242 e. The second-order valence-corrected chi connectivity index (χ2v) is 5.24. The fourth-order valence-corrected chi connectivity index (χ4v) is 2.56. The van der Waals surface area contributed by atoms with Crippen LogP contribution in [-0.4, -0.2) is 60.9 Å². The number of carbonyl (C=O) groups excluding carboxylic acids is 2. The van der Waals surface area contributed by atoms with Crippen molar-refractivity contribution in [3.63, 3.8) is 0 Å². The molecule has 0 radical (unpaired) electrons. The Hall–Kier alpha value is -2.04. The minimum Gasteiger partial charge on any atom is -0.362 e. The van der Waals surface area contributed by atoms with Gasteiger partial charge in [0.25, 0.3) is 0 Å². The lowest BCUT2D eigenvalue weighted by atomic mass is 10.2. The van der Waals surface area contributed by atoms with Gasteiger partial charge in [0.2, 0.25) is 11.8 Å². The normalized spacial score (nSPS) is 15.0. The zero-order chi connectivity index (χ0) is 15.2. The minimum atomic E-state index is 0.0848. The van der Waals surface area contributed by atoms with Crippen LogP contribution in [0.2, 0.25) is 0 Å². The highest BCUT2D eigenvalue weighted by Crippen LogP contribution is 2.13. The molecule has 2 rings (SSSR count). The average Bonchev–Trinajstić information content (AvgIpc) is 2.53. The van der Waals surface area contributed by atoms with Crippen LogP contribution >= 0.6 is 0 Å². The van der Waals surface area contributed by atoms with Gasteiger partial charge in [-0.05, 0) is 19.1 Å². The summed E-state index contributed by atoms with van der Waals surface area (Å²) >= 11 is 0. The van der Waals surface area contributed by atoms with Crippen LogP contribution in [0.3, 0.4) is 0 Å². The Morgan fingerprint density at radius 2 is 1.62 bits per heavy atom. The number of anilines is 1. The third-order valence-corrected chi connectivity index (χ3v) is 3.91. The van der Waals surface area contributed by atoms with E-state index in [9.17, 15) is 9.59 Å². The van der Waals surface area contributed by atoms with E-state index >= 15 is 0 Å². The van der Waals surface area contributed by atoms with Gasteiger partial charge in [0, 0.05) is 45.3 Å². The number of hydrogen-bond acceptors (Lipinski definition) is 3. The third-order valence-electron chi connectivity index (χ3n) is 3.91. The second-order valence-electron chi connectivity index (χ2n) is 5.24. The van der Waals surface area contributed by atoms with E-state index in [4.69, 9.17) is 0 Å². The topological polar surface area (TPSA) is 43.9 Å². The number of piperazine rings is 1. The molecule has 0 spiro atoms. The van der Waals surface area contributed by atoms with Crippen LogP contribution in [0.1, 0.15) is 13.8 Å². The van der Waals surface area contributed by atoms with E-state index in [-0.39, 0.29) is 11.8 Å². The van der Waals surface area contributed by atoms with Crippen molar-refractivity contribution in [3.05, 3.63) is 30.3 Å². The number of amides is 2. The van der Waals surface area contributed by atoms with Crippen LogP contribution < -0.4 is 4.90 Å². The first kappa shape index (κ1) is 15.4. The third kappa shape index (κ3) is 3.97. The fraction of sp³-hybridized carbons (Fsp3) is 0.500. The minimum absolute atomic E-state index is 0.0848. The fourth-order valence-electron chi connectivity index (χ4n) is 2.56. The maximum atomic E-state index is 12.4. The van der Waals surface area contributed by atoms with Crippen molar-refractivity contribution < 1.29 is 9.59 Å². The van der Waals surface area contributed by atoms with Crippen molar-refractivity contribution in [3.8, 4) is 0 Å². The Morgan fingerprint density at radius 1 is 1.05 bits per heavy atom. The molecule has 1 saturated heterocycles. The monoisotopic (exact) mass is 289 g/mol. The summed E-state index contributed by atoms with van der Waals surface area (Å²) in [5.74, 6) is 0.213. The molecule has 1 aromatic rings. The molecule has 1 aromatic carbocycles. The molecule has 2 amide bonds. The number of hydrogen-bond donors (Lipinski definition) is 0. The molecule has 0 bridgehead atoms. The lowest BCUT2D eigenvalue weighted by Gasteiger charge is -2.35. The van der Waals surface area contributed by atoms with E-state index in [0.29, 0.717) is 32.7 Å². The zero-order valence-corrected chi connectivity index (χ0v) is 12.8. The molecule has 1 fully saturated rings. The molecule has 1 aliphatic rings. The first-order valence-corrected chi connectivity index (χ1v) is 7.45. The Kier molecular flexibility index (Phi) is 5.20. The van der Waals surface area contributed by atoms with Crippen LogP contribution in [0.4, 0.5) is 5.69 Å². The molecule has 1 heterocycles. The van der Waals surface area contributed by atoms with E-state index in [1.807, 2.05) is 42.2 Å². The molecule has 5 heteroatoms. The second kappa shape index (κ2) is 7.11. The predicted octanol–water partition coefficient (Wildman–Crippen LogP) is 1.20. The highest BCUT2D eigenvalue weighted by Gasteiger charge is 2.23. The molecule has 1 aliphatic heterocycles. The van der Waals surface area contributed by atoms with Crippen molar-refractivity contribution in [1.82, 2.24) is 9.80 Å². The number of carbonyl (C=O) groups is 2. The zero-order valence-electron chi connectivity index (χ0n) is 12.8. The maximum absolute atomic E-state index is 12.4. The quantitative estimate of drug-likeness (QED) is 0.836. The Morgan fingerprint density at radius 3 is 2.14 bits per heavy atom. The van der Waals surface area contributed by atoms with Crippen LogP contribution in [0, 0.1) is 0 Å². The van der Waals surface area contributed by atoms with Crippen molar-refractivity contribution >= 4 is 17.5 Å². The Bertz CT molecular complexity index is 482. The van der Waals surface area contributed by atoms with Gasteiger partial charge in [0.15, 0.2) is 0 Å². The highest BCUT2D eigenvalue weighted by atomic mass is 16.2. The first-order chi connectivity index (χ1) is 10.1. The van der Waals surface area contributed by atoms with Gasteiger partial charge in [-0.2, -0.15) is 0 Å². The van der Waals surface area contributed by atoms with E-state index in [1.165, 1.54) is 0 Å². The number of benzene rings is 1. The summed E-state index contributed by atoms with van der Waals surface area (Å²) in [6, 6.07) is 9.97. The molecular formula is C16H23N3O2. The van der Waals surface area contributed by atoms with Gasteiger partial charge >= 0.3 is 0 Å². The molecular weight excluding hydrogens is 266 g/mol. The van der Waals surface area contributed by atoms with Gasteiger partial charge in [0.1, 0.15) is 0 Å². The number of rotatable bonds is 4. The number of nitrogens with zero attached hydrogens (tertiary/aromatic N) is 3. The SMILES string of the molecule is CCN(CC(=O)N1CCN(C(C)=O)CC1)c1ccccc1. The largest absolute Gasteiger partial charge is 0.362 e. The predicted molar refractivity (Wildman–Crippen MR) is 83.2 cm³/mol. The van der Waals surface area contributed by atoms with E-state index < -0.39 is 0 Å². The molecule has 0 saturated carbocycles. The van der Waals surface area contributed by atoms with Gasteiger partial charge in [-0.25, -0.2) is 0 Å². The summed E-state index contributed by atoms with van der Waals surface area (Å²) in [5.41, 5.74) is 1.07. The summed E-state index contributed by atoms with van der Waals surface area (Å²) in [5, 5.41) is 0. The number of likely N-dealkylation sites (N-methyl/N-ethyl adjacent to an activating group) is 1. The molecule has 21 heavy (non-hydrogen) atoms. The summed E-state index contributed by atoms with van der Waals surface area (Å²) in [6.45, 7) is 7.34. The summed E-state index contributed by atoms with van der Waals surface area (Å²) in [4.78, 5) is 29.4. The van der Waals surface area contributed by atoms with Crippen molar-refractivity contribution in [1.29, 1.82) is 0 Å². The summed E-state index contributed by atoms with van der Waals surface area (Å²) in [7, 11) is 0. The van der Waals surface area contributed by atoms with Crippen LogP contribution in [0.25, 0.3) is 0 Å². The molecule has 0 atom stereocenters. The van der Waals surface area contributed by atoms with Crippen LogP contribution in [0.15, 0.2) is 30.3 Å². The molecule has 5 nitrogen and oxygen atoms in total. The molecule has 0 N–H and O–H groups in total. The number of para-hydroxylation sites is 1. The van der Waals surface area contributed by atoms with Gasteiger partial charge in [-0.1, -0.05) is 18.2 Å². The Labute approximate surface area is 126 Å². The standard InChI is InChI=1S/C16H23N3O2/c1-3-17(15-7-5-4-6-8-15)13-16(21)19-11-9-18(10-12-19)14(2)20/h4-8H,3,9-13H2,1-2H3. The molecule has 0 aliphatic carbocycles. The highest BCUT2D eigenvalue weighted by molar-refractivity contribution is 5.82. The van der Waals surface area contributed by atoms with Gasteiger partial charge < -0.3 is 14.7 Å². The maximum Gasteiger partial charge on any atom is 0.242 e. The molecule has 0 aromatic heterocycles. The van der Waals surface area contributed by atoms with Crippen molar-refractivity contribution in [2.24, 2.45) is 0 Å². The molecule has 0 unspecified atom stereocenters. The first-order valence-electron chi connectivity index (χ1n) is 7.45. The lowest BCUT2D eigenvalue weighted by molar-refractivity contribution is -0.137. The van der Waals surface area contributed by atoms with E-state index in [0.717, 1.165) is 12.2 Å². The van der Waals surface area contributed by atoms with Gasteiger partial charge in [0.05, 0.1) is 6.54 Å². The van der Waals surface area contributed by atoms with E-state index in [2.05, 4.69) is 4.90 Å². The van der Waals surface area contributed by atoms with Gasteiger partial charge in [-0.15, -0.1) is 0 Å². The summed E-state index contributed by atoms with van der Waals surface area (Å²) in [6.07, 6.45) is 0. The molecule has 114 valence electrons. The lowest BCUT2D eigenvalue weighted by Crippen LogP contribution is -2.52.